The van der Waals surface area contributed by atoms with Gasteiger partial charge in [-0.3, -0.25) is 4.79 Å². The Morgan fingerprint density at radius 3 is 2.60 bits per heavy atom. The Balaban J connectivity index is 3.77. The molecule has 0 unspecified atom stereocenters. The number of carbonyl (C=O) groups excluding carboxylic acids is 1. The molecular weight excluding hydrogens is 128 g/mol. The van der Waals surface area contributed by atoms with Gasteiger partial charge in [0.25, 0.3) is 0 Å². The molecule has 10 heavy (non-hydrogen) atoms. The summed E-state index contributed by atoms with van der Waals surface area (Å²) in [7, 11) is 1.61. The van der Waals surface area contributed by atoms with E-state index in [1.807, 2.05) is 13.8 Å². The predicted molar refractivity (Wildman–Crippen MR) is 41.5 cm³/mol. The lowest BCUT2D eigenvalue weighted by Crippen LogP contribution is -2.18. The van der Waals surface area contributed by atoms with Crippen molar-refractivity contribution in [3.8, 4) is 0 Å². The maximum atomic E-state index is 10.7. The largest absolute Gasteiger partial charge is 0.389 e. The molecule has 0 aromatic carbocycles. The summed E-state index contributed by atoms with van der Waals surface area (Å²) in [6.07, 6.45) is 1.53. The molecule has 0 heterocycles. The lowest BCUT2D eigenvalue weighted by molar-refractivity contribution is -0.116. The molecule has 0 atom stereocenters. The molecular formula is C7H14N2O. The summed E-state index contributed by atoms with van der Waals surface area (Å²) >= 11 is 0. The number of nitrogens with one attached hydrogen (secondary N) is 2. The smallest absolute Gasteiger partial charge is 0.245 e. The summed E-state index contributed by atoms with van der Waals surface area (Å²) in [4.78, 5) is 10.7. The molecule has 58 valence electrons. The van der Waals surface area contributed by atoms with Gasteiger partial charge < -0.3 is 10.6 Å². The van der Waals surface area contributed by atoms with Gasteiger partial charge in [-0.15, -0.1) is 0 Å². The number of carbonyl (C=O) groups is 1. The highest BCUT2D eigenvalue weighted by molar-refractivity contribution is 5.87. The Morgan fingerprint density at radius 1 is 1.60 bits per heavy atom. The summed E-state index contributed by atoms with van der Waals surface area (Å²) in [6.45, 7) is 4.69. The molecule has 0 aromatic heterocycles. The average molecular weight is 142 g/mol. The first-order chi connectivity index (χ1) is 4.70. The number of hydrogen-bond acceptors (Lipinski definition) is 2. The zero-order valence-electron chi connectivity index (χ0n) is 6.69. The van der Waals surface area contributed by atoms with Gasteiger partial charge in [0, 0.05) is 25.4 Å². The SMILES string of the molecule is CCN/C(C)=C/C(=O)NC. The number of rotatable bonds is 3. The van der Waals surface area contributed by atoms with E-state index < -0.39 is 0 Å². The second kappa shape index (κ2) is 4.85. The minimum atomic E-state index is -0.0709. The van der Waals surface area contributed by atoms with Crippen LogP contribution in [0.4, 0.5) is 0 Å². The first-order valence-corrected chi connectivity index (χ1v) is 3.34. The molecule has 0 spiro atoms. The minimum absolute atomic E-state index is 0.0709. The van der Waals surface area contributed by atoms with E-state index in [0.29, 0.717) is 0 Å². The van der Waals surface area contributed by atoms with Crippen LogP contribution in [0.15, 0.2) is 11.8 Å². The lowest BCUT2D eigenvalue weighted by Gasteiger charge is -2.00. The minimum Gasteiger partial charge on any atom is -0.389 e. The van der Waals surface area contributed by atoms with Crippen molar-refractivity contribution >= 4 is 5.91 Å². The highest BCUT2D eigenvalue weighted by Gasteiger charge is 1.90. The molecule has 3 nitrogen and oxygen atoms in total. The molecule has 0 aliphatic carbocycles. The van der Waals surface area contributed by atoms with Gasteiger partial charge >= 0.3 is 0 Å². The molecule has 0 aliphatic rings. The number of allylic oxidation sites excluding steroid dienone is 1. The van der Waals surface area contributed by atoms with E-state index in [1.54, 1.807) is 7.05 Å². The van der Waals surface area contributed by atoms with Gasteiger partial charge in [0.05, 0.1) is 0 Å². The lowest BCUT2D eigenvalue weighted by atomic mass is 10.4. The molecule has 0 saturated heterocycles. The summed E-state index contributed by atoms with van der Waals surface area (Å²) in [5.74, 6) is -0.0709. The van der Waals surface area contributed by atoms with E-state index in [0.717, 1.165) is 12.2 Å². The fraction of sp³-hybridized carbons (Fsp3) is 0.571. The normalized spacial score (nSPS) is 10.9. The number of hydrogen-bond donors (Lipinski definition) is 2. The Kier molecular flexibility index (Phi) is 4.37. The molecule has 0 aromatic rings. The van der Waals surface area contributed by atoms with Crippen LogP contribution in [0, 0.1) is 0 Å². The van der Waals surface area contributed by atoms with Gasteiger partial charge in [0.1, 0.15) is 0 Å². The standard InChI is InChI=1S/C7H14N2O/c1-4-9-6(2)5-7(10)8-3/h5,9H,4H2,1-3H3,(H,8,10)/b6-5+. The van der Waals surface area contributed by atoms with Crippen molar-refractivity contribution in [2.45, 2.75) is 13.8 Å². The van der Waals surface area contributed by atoms with E-state index >= 15 is 0 Å². The van der Waals surface area contributed by atoms with Crippen molar-refractivity contribution in [3.05, 3.63) is 11.8 Å². The predicted octanol–water partition coefficient (Wildman–Crippen LogP) is 0.246. The molecule has 0 radical (unpaired) electrons. The van der Waals surface area contributed by atoms with Gasteiger partial charge in [0.15, 0.2) is 0 Å². The van der Waals surface area contributed by atoms with Crippen LogP contribution in [0.5, 0.6) is 0 Å². The fourth-order valence-electron chi connectivity index (χ4n) is 0.599. The van der Waals surface area contributed by atoms with Crippen molar-refractivity contribution in [3.63, 3.8) is 0 Å². The summed E-state index contributed by atoms with van der Waals surface area (Å²) in [5.41, 5.74) is 0.891. The first kappa shape index (κ1) is 9.01. The number of amides is 1. The van der Waals surface area contributed by atoms with Gasteiger partial charge in [0.2, 0.25) is 5.91 Å². The Labute approximate surface area is 61.5 Å². The topological polar surface area (TPSA) is 41.1 Å². The van der Waals surface area contributed by atoms with Crippen molar-refractivity contribution in [1.82, 2.24) is 10.6 Å². The molecule has 0 fully saturated rings. The Hall–Kier alpha value is -0.990. The molecule has 1 amide bonds. The third-order valence-corrected chi connectivity index (χ3v) is 1.05. The van der Waals surface area contributed by atoms with Crippen LogP contribution in [0.1, 0.15) is 13.8 Å². The molecule has 0 bridgehead atoms. The fourth-order valence-corrected chi connectivity index (χ4v) is 0.599. The van der Waals surface area contributed by atoms with E-state index in [2.05, 4.69) is 10.6 Å². The highest BCUT2D eigenvalue weighted by atomic mass is 16.1. The maximum Gasteiger partial charge on any atom is 0.245 e. The second-order valence-electron chi connectivity index (χ2n) is 1.97. The van der Waals surface area contributed by atoms with Gasteiger partial charge in [-0.2, -0.15) is 0 Å². The van der Waals surface area contributed by atoms with E-state index in [-0.39, 0.29) is 5.91 Å². The summed E-state index contributed by atoms with van der Waals surface area (Å²) < 4.78 is 0. The van der Waals surface area contributed by atoms with Gasteiger partial charge in [-0.05, 0) is 13.8 Å². The molecule has 0 aliphatic heterocycles. The quantitative estimate of drug-likeness (QED) is 0.554. The molecule has 0 saturated carbocycles. The van der Waals surface area contributed by atoms with Crippen LogP contribution in [0.25, 0.3) is 0 Å². The monoisotopic (exact) mass is 142 g/mol. The molecule has 3 heteroatoms. The van der Waals surface area contributed by atoms with E-state index in [9.17, 15) is 4.79 Å². The Morgan fingerprint density at radius 2 is 2.20 bits per heavy atom. The van der Waals surface area contributed by atoms with Crippen LogP contribution in [0.2, 0.25) is 0 Å². The van der Waals surface area contributed by atoms with E-state index in [1.165, 1.54) is 6.08 Å². The number of likely N-dealkylation sites (N-methyl/N-ethyl adjacent to an activating group) is 1. The average Bonchev–Trinajstić information content (AvgIpc) is 1.88. The van der Waals surface area contributed by atoms with Crippen LogP contribution in [0.3, 0.4) is 0 Å². The highest BCUT2D eigenvalue weighted by Crippen LogP contribution is 1.83. The van der Waals surface area contributed by atoms with Crippen molar-refractivity contribution < 1.29 is 4.79 Å². The molecule has 2 N–H and O–H groups in total. The van der Waals surface area contributed by atoms with Crippen molar-refractivity contribution in [2.75, 3.05) is 13.6 Å². The summed E-state index contributed by atoms with van der Waals surface area (Å²) in [5, 5.41) is 5.51. The molecule has 0 rings (SSSR count). The van der Waals surface area contributed by atoms with Crippen LogP contribution >= 0.6 is 0 Å². The third kappa shape index (κ3) is 3.95. The van der Waals surface area contributed by atoms with Crippen molar-refractivity contribution in [2.24, 2.45) is 0 Å². The zero-order chi connectivity index (χ0) is 7.98. The zero-order valence-corrected chi connectivity index (χ0v) is 6.69. The second-order valence-corrected chi connectivity index (χ2v) is 1.97. The van der Waals surface area contributed by atoms with Crippen LogP contribution in [-0.4, -0.2) is 19.5 Å². The van der Waals surface area contributed by atoms with Crippen molar-refractivity contribution in [1.29, 1.82) is 0 Å². The third-order valence-electron chi connectivity index (χ3n) is 1.05. The maximum absolute atomic E-state index is 10.7. The van der Waals surface area contributed by atoms with E-state index in [4.69, 9.17) is 0 Å². The summed E-state index contributed by atoms with van der Waals surface area (Å²) in [6, 6.07) is 0. The van der Waals surface area contributed by atoms with Gasteiger partial charge in [-0.25, -0.2) is 0 Å². The first-order valence-electron chi connectivity index (χ1n) is 3.34. The Bertz CT molecular complexity index is 141. The van der Waals surface area contributed by atoms with Crippen LogP contribution in [-0.2, 0) is 4.79 Å². The van der Waals surface area contributed by atoms with Gasteiger partial charge in [-0.1, -0.05) is 0 Å². The van der Waals surface area contributed by atoms with Crippen LogP contribution < -0.4 is 10.6 Å².